The van der Waals surface area contributed by atoms with Crippen LogP contribution in [-0.2, 0) is 6.54 Å². The molecule has 2 N–H and O–H groups in total. The Morgan fingerprint density at radius 1 is 1.50 bits per heavy atom. The van der Waals surface area contributed by atoms with Crippen molar-refractivity contribution in [3.05, 3.63) is 47.5 Å². The Labute approximate surface area is 146 Å². The minimum absolute atomic E-state index is 0. The molecule has 1 aliphatic rings. The minimum atomic E-state index is -0.292. The van der Waals surface area contributed by atoms with Crippen molar-refractivity contribution in [3.63, 3.8) is 0 Å². The highest BCUT2D eigenvalue weighted by Crippen LogP contribution is 2.09. The van der Waals surface area contributed by atoms with E-state index in [9.17, 15) is 9.18 Å². The lowest BCUT2D eigenvalue weighted by Crippen LogP contribution is -2.51. The maximum atomic E-state index is 13.2. The summed E-state index contributed by atoms with van der Waals surface area (Å²) in [4.78, 5) is 12.3. The number of hydrogen-bond acceptors (Lipinski definition) is 4. The lowest BCUT2D eigenvalue weighted by atomic mass is 10.00. The number of benzene rings is 1. The highest BCUT2D eigenvalue weighted by atomic mass is 35.5. The number of aromatic nitrogens is 3. The van der Waals surface area contributed by atoms with Gasteiger partial charge in [-0.25, -0.2) is 9.07 Å². The summed E-state index contributed by atoms with van der Waals surface area (Å²) in [6, 6.07) is 6.63. The van der Waals surface area contributed by atoms with Crippen LogP contribution in [0.1, 0.15) is 35.8 Å². The summed E-state index contributed by atoms with van der Waals surface area (Å²) in [7, 11) is 0. The molecule has 0 spiro atoms. The molecule has 2 atom stereocenters. The Morgan fingerprint density at radius 3 is 3.08 bits per heavy atom. The first-order valence-electron chi connectivity index (χ1n) is 7.80. The molecule has 2 heterocycles. The molecule has 0 saturated carbocycles. The van der Waals surface area contributed by atoms with Crippen molar-refractivity contribution in [1.82, 2.24) is 25.6 Å². The molecule has 8 heteroatoms. The second kappa shape index (κ2) is 8.21. The van der Waals surface area contributed by atoms with E-state index >= 15 is 0 Å². The second-order valence-electron chi connectivity index (χ2n) is 5.90. The molecule has 1 saturated heterocycles. The molecule has 1 aliphatic heterocycles. The van der Waals surface area contributed by atoms with Gasteiger partial charge in [-0.2, -0.15) is 0 Å². The monoisotopic (exact) mass is 353 g/mol. The quantitative estimate of drug-likeness (QED) is 0.878. The van der Waals surface area contributed by atoms with E-state index in [0.29, 0.717) is 6.54 Å². The van der Waals surface area contributed by atoms with Crippen LogP contribution >= 0.6 is 12.4 Å². The molecule has 1 aromatic carbocycles. The van der Waals surface area contributed by atoms with E-state index < -0.39 is 0 Å². The predicted octanol–water partition coefficient (Wildman–Crippen LogP) is 1.76. The first-order valence-corrected chi connectivity index (χ1v) is 7.80. The van der Waals surface area contributed by atoms with E-state index in [1.807, 2.05) is 0 Å². The lowest BCUT2D eigenvalue weighted by Gasteiger charge is -2.30. The Balaban J connectivity index is 0.00000208. The van der Waals surface area contributed by atoms with Gasteiger partial charge in [0, 0.05) is 12.1 Å². The maximum absolute atomic E-state index is 13.2. The molecule has 2 aromatic rings. The normalized spacial score (nSPS) is 20.2. The van der Waals surface area contributed by atoms with Crippen LogP contribution in [0.2, 0.25) is 0 Å². The number of hydrogen-bond donors (Lipinski definition) is 2. The van der Waals surface area contributed by atoms with Gasteiger partial charge < -0.3 is 10.6 Å². The van der Waals surface area contributed by atoms with Crippen LogP contribution in [-0.4, -0.2) is 39.5 Å². The van der Waals surface area contributed by atoms with Crippen molar-refractivity contribution in [3.8, 4) is 0 Å². The summed E-state index contributed by atoms with van der Waals surface area (Å²) in [6.07, 6.45) is 3.58. The summed E-state index contributed by atoms with van der Waals surface area (Å²) in [5, 5.41) is 14.2. The minimum Gasteiger partial charge on any atom is -0.346 e. The fourth-order valence-corrected chi connectivity index (χ4v) is 2.79. The van der Waals surface area contributed by atoms with E-state index in [1.165, 1.54) is 16.8 Å². The van der Waals surface area contributed by atoms with Gasteiger partial charge in [0.05, 0.1) is 12.7 Å². The average Bonchev–Trinajstić information content (AvgIpc) is 2.98. The zero-order chi connectivity index (χ0) is 16.2. The number of carbonyl (C=O) groups excluding carboxylic acids is 1. The topological polar surface area (TPSA) is 71.8 Å². The van der Waals surface area contributed by atoms with Gasteiger partial charge in [0.15, 0.2) is 5.69 Å². The molecule has 0 aliphatic carbocycles. The van der Waals surface area contributed by atoms with Gasteiger partial charge >= 0.3 is 0 Å². The van der Waals surface area contributed by atoms with Crippen molar-refractivity contribution in [2.24, 2.45) is 0 Å². The number of nitrogens with one attached hydrogen (secondary N) is 2. The summed E-state index contributed by atoms with van der Waals surface area (Å²) in [5.74, 6) is -0.518. The van der Waals surface area contributed by atoms with Gasteiger partial charge in [0.1, 0.15) is 5.82 Å². The molecule has 1 amide bonds. The van der Waals surface area contributed by atoms with E-state index in [1.54, 1.807) is 18.3 Å². The largest absolute Gasteiger partial charge is 0.346 e. The standard InChI is InChI=1S/C16H20FN5O.ClH/c1-11-14(6-3-7-18-11)19-16(23)15-10-22(21-20-15)9-12-4-2-5-13(17)8-12;/h2,4-5,8,10-11,14,18H,3,6-7,9H2,1H3,(H,19,23);1H. The van der Waals surface area contributed by atoms with Crippen molar-refractivity contribution >= 4 is 18.3 Å². The summed E-state index contributed by atoms with van der Waals surface area (Å²) in [6.45, 7) is 3.42. The number of rotatable bonds is 4. The van der Waals surface area contributed by atoms with Gasteiger partial charge in [-0.05, 0) is 44.0 Å². The molecular weight excluding hydrogens is 333 g/mol. The third kappa shape index (κ3) is 4.52. The predicted molar refractivity (Wildman–Crippen MR) is 90.7 cm³/mol. The van der Waals surface area contributed by atoms with Gasteiger partial charge in [-0.15, -0.1) is 17.5 Å². The average molecular weight is 354 g/mol. The van der Waals surface area contributed by atoms with E-state index in [0.717, 1.165) is 24.9 Å². The molecule has 2 unspecified atom stereocenters. The van der Waals surface area contributed by atoms with Crippen LogP contribution in [0.15, 0.2) is 30.5 Å². The molecule has 1 aromatic heterocycles. The van der Waals surface area contributed by atoms with E-state index in [2.05, 4.69) is 27.9 Å². The molecule has 6 nitrogen and oxygen atoms in total. The van der Waals surface area contributed by atoms with Gasteiger partial charge in [0.25, 0.3) is 5.91 Å². The van der Waals surface area contributed by atoms with Gasteiger partial charge in [-0.3, -0.25) is 4.79 Å². The first kappa shape index (κ1) is 18.4. The second-order valence-corrected chi connectivity index (χ2v) is 5.90. The summed E-state index contributed by atoms with van der Waals surface area (Å²) < 4.78 is 14.7. The first-order chi connectivity index (χ1) is 11.1. The molecule has 130 valence electrons. The van der Waals surface area contributed by atoms with Crippen LogP contribution in [0.4, 0.5) is 4.39 Å². The molecule has 0 bridgehead atoms. The number of carbonyl (C=O) groups is 1. The van der Waals surface area contributed by atoms with Crippen LogP contribution in [0.5, 0.6) is 0 Å². The third-order valence-corrected chi connectivity index (χ3v) is 4.08. The molecule has 3 rings (SSSR count). The molecule has 1 fully saturated rings. The number of nitrogens with zero attached hydrogens (tertiary/aromatic N) is 3. The Hall–Kier alpha value is -1.99. The van der Waals surface area contributed by atoms with Crippen LogP contribution in [0, 0.1) is 5.82 Å². The zero-order valence-corrected chi connectivity index (χ0v) is 14.2. The summed E-state index contributed by atoms with van der Waals surface area (Å²) >= 11 is 0. The van der Waals surface area contributed by atoms with Crippen molar-refractivity contribution in [2.75, 3.05) is 6.54 Å². The fourth-order valence-electron chi connectivity index (χ4n) is 2.79. The third-order valence-electron chi connectivity index (χ3n) is 4.08. The lowest BCUT2D eigenvalue weighted by molar-refractivity contribution is 0.0914. The van der Waals surface area contributed by atoms with Crippen LogP contribution in [0.3, 0.4) is 0 Å². The van der Waals surface area contributed by atoms with Gasteiger partial charge in [-0.1, -0.05) is 17.3 Å². The maximum Gasteiger partial charge on any atom is 0.273 e. The van der Waals surface area contributed by atoms with E-state index in [-0.39, 0.29) is 41.9 Å². The Kier molecular flexibility index (Phi) is 6.28. The van der Waals surface area contributed by atoms with Crippen LogP contribution < -0.4 is 10.6 Å². The highest BCUT2D eigenvalue weighted by Gasteiger charge is 2.23. The Bertz CT molecular complexity index is 693. The smallest absolute Gasteiger partial charge is 0.273 e. The highest BCUT2D eigenvalue weighted by molar-refractivity contribution is 5.92. The van der Waals surface area contributed by atoms with Crippen molar-refractivity contribution in [1.29, 1.82) is 0 Å². The number of halogens is 2. The fraction of sp³-hybridized carbons (Fsp3) is 0.438. The SMILES string of the molecule is CC1NCCCC1NC(=O)c1cn(Cc2cccc(F)c2)nn1.Cl. The van der Waals surface area contributed by atoms with Crippen molar-refractivity contribution in [2.45, 2.75) is 38.4 Å². The molecular formula is C16H21ClFN5O. The summed E-state index contributed by atoms with van der Waals surface area (Å²) in [5.41, 5.74) is 1.05. The van der Waals surface area contributed by atoms with Crippen LogP contribution in [0.25, 0.3) is 0 Å². The zero-order valence-electron chi connectivity index (χ0n) is 13.4. The van der Waals surface area contributed by atoms with E-state index in [4.69, 9.17) is 0 Å². The Morgan fingerprint density at radius 2 is 2.33 bits per heavy atom. The number of piperidine rings is 1. The van der Waals surface area contributed by atoms with Gasteiger partial charge in [0.2, 0.25) is 0 Å². The van der Waals surface area contributed by atoms with Crippen molar-refractivity contribution < 1.29 is 9.18 Å². The molecule has 24 heavy (non-hydrogen) atoms. The number of amides is 1. The molecule has 0 radical (unpaired) electrons.